The quantitative estimate of drug-likeness (QED) is 0.636. The molecule has 136 valence electrons. The molecular formula is C18H20N4O3S. The van der Waals surface area contributed by atoms with Crippen LogP contribution in [0.25, 0.3) is 0 Å². The Kier molecular flexibility index (Phi) is 5.52. The standard InChI is InChI=1S/C18H20N4O3S/c1-20(2)14-9-17(23)22(19-10-14)13-18(24)21(11-15-5-3-7-25-15)12-16-6-4-8-26-16/h3-10H,11-13H2,1-2H3. The van der Waals surface area contributed by atoms with Crippen molar-refractivity contribution in [2.24, 2.45) is 0 Å². The number of carbonyl (C=O) groups excluding carboxylic acids is 1. The summed E-state index contributed by atoms with van der Waals surface area (Å²) >= 11 is 1.58. The summed E-state index contributed by atoms with van der Waals surface area (Å²) in [6.07, 6.45) is 3.15. The lowest BCUT2D eigenvalue weighted by Crippen LogP contribution is -2.36. The smallest absolute Gasteiger partial charge is 0.269 e. The van der Waals surface area contributed by atoms with Crippen molar-refractivity contribution in [3.05, 3.63) is 69.2 Å². The van der Waals surface area contributed by atoms with E-state index in [1.807, 2.05) is 37.7 Å². The molecule has 0 aliphatic rings. The third-order valence-corrected chi connectivity index (χ3v) is 4.72. The van der Waals surface area contributed by atoms with Crippen LogP contribution >= 0.6 is 11.3 Å². The zero-order valence-corrected chi connectivity index (χ0v) is 15.5. The van der Waals surface area contributed by atoms with Gasteiger partial charge in [0.05, 0.1) is 31.2 Å². The van der Waals surface area contributed by atoms with Crippen LogP contribution in [0, 0.1) is 0 Å². The maximum atomic E-state index is 12.8. The van der Waals surface area contributed by atoms with Gasteiger partial charge in [-0.25, -0.2) is 4.68 Å². The van der Waals surface area contributed by atoms with E-state index in [9.17, 15) is 9.59 Å². The summed E-state index contributed by atoms with van der Waals surface area (Å²) in [6.45, 7) is 0.689. The van der Waals surface area contributed by atoms with Crippen molar-refractivity contribution in [3.63, 3.8) is 0 Å². The molecule has 3 rings (SSSR count). The molecule has 26 heavy (non-hydrogen) atoms. The number of amides is 1. The van der Waals surface area contributed by atoms with E-state index in [0.717, 1.165) is 4.88 Å². The van der Waals surface area contributed by atoms with Gasteiger partial charge >= 0.3 is 0 Å². The van der Waals surface area contributed by atoms with Crippen LogP contribution in [-0.4, -0.2) is 34.7 Å². The Balaban J connectivity index is 1.77. The molecule has 0 aliphatic carbocycles. The highest BCUT2D eigenvalue weighted by molar-refractivity contribution is 7.09. The fraction of sp³-hybridized carbons (Fsp3) is 0.278. The molecule has 0 aromatic carbocycles. The Morgan fingerprint density at radius 1 is 1.27 bits per heavy atom. The van der Waals surface area contributed by atoms with Crippen LogP contribution < -0.4 is 10.5 Å². The summed E-state index contributed by atoms with van der Waals surface area (Å²) in [5, 5.41) is 6.08. The van der Waals surface area contributed by atoms with Crippen molar-refractivity contribution < 1.29 is 9.21 Å². The Morgan fingerprint density at radius 3 is 2.73 bits per heavy atom. The molecule has 0 spiro atoms. The van der Waals surface area contributed by atoms with Crippen molar-refractivity contribution in [3.8, 4) is 0 Å². The third kappa shape index (κ3) is 4.40. The summed E-state index contributed by atoms with van der Waals surface area (Å²) in [5.74, 6) is 0.500. The molecule has 0 bridgehead atoms. The molecule has 0 N–H and O–H groups in total. The van der Waals surface area contributed by atoms with Gasteiger partial charge in [0.25, 0.3) is 5.56 Å². The zero-order valence-electron chi connectivity index (χ0n) is 14.7. The van der Waals surface area contributed by atoms with E-state index in [2.05, 4.69) is 5.10 Å². The minimum Gasteiger partial charge on any atom is -0.467 e. The van der Waals surface area contributed by atoms with Crippen molar-refractivity contribution in [1.29, 1.82) is 0 Å². The van der Waals surface area contributed by atoms with Gasteiger partial charge in [-0.1, -0.05) is 6.07 Å². The number of hydrogen-bond acceptors (Lipinski definition) is 6. The molecule has 0 unspecified atom stereocenters. The highest BCUT2D eigenvalue weighted by Gasteiger charge is 2.18. The van der Waals surface area contributed by atoms with Crippen LogP contribution in [0.5, 0.6) is 0 Å². The summed E-state index contributed by atoms with van der Waals surface area (Å²) < 4.78 is 6.55. The van der Waals surface area contributed by atoms with Crippen molar-refractivity contribution in [2.45, 2.75) is 19.6 Å². The van der Waals surface area contributed by atoms with E-state index in [1.165, 1.54) is 10.7 Å². The zero-order chi connectivity index (χ0) is 18.5. The molecular weight excluding hydrogens is 352 g/mol. The normalized spacial score (nSPS) is 10.7. The monoisotopic (exact) mass is 372 g/mol. The number of thiophene rings is 1. The van der Waals surface area contributed by atoms with Gasteiger partial charge in [0, 0.05) is 25.0 Å². The molecule has 0 saturated carbocycles. The highest BCUT2D eigenvalue weighted by Crippen LogP contribution is 2.15. The first-order chi connectivity index (χ1) is 12.5. The fourth-order valence-electron chi connectivity index (χ4n) is 2.43. The van der Waals surface area contributed by atoms with Gasteiger partial charge in [0.2, 0.25) is 5.91 Å². The van der Waals surface area contributed by atoms with Crippen LogP contribution in [0.15, 0.2) is 57.4 Å². The number of aromatic nitrogens is 2. The fourth-order valence-corrected chi connectivity index (χ4v) is 3.15. The molecule has 8 heteroatoms. The topological polar surface area (TPSA) is 71.6 Å². The lowest BCUT2D eigenvalue weighted by molar-refractivity contribution is -0.133. The number of hydrogen-bond donors (Lipinski definition) is 0. The lowest BCUT2D eigenvalue weighted by atomic mass is 10.3. The van der Waals surface area contributed by atoms with E-state index in [0.29, 0.717) is 24.5 Å². The average molecular weight is 372 g/mol. The van der Waals surface area contributed by atoms with Crippen molar-refractivity contribution >= 4 is 22.9 Å². The van der Waals surface area contributed by atoms with Crippen LogP contribution in [0.2, 0.25) is 0 Å². The number of rotatable bonds is 7. The minimum atomic E-state index is -0.307. The second kappa shape index (κ2) is 8.01. The summed E-state index contributed by atoms with van der Waals surface area (Å²) in [6, 6.07) is 9.00. The van der Waals surface area contributed by atoms with Crippen LogP contribution in [-0.2, 0) is 24.4 Å². The molecule has 0 aliphatic heterocycles. The Labute approximate surface area is 155 Å². The van der Waals surface area contributed by atoms with E-state index in [4.69, 9.17) is 4.42 Å². The van der Waals surface area contributed by atoms with Crippen molar-refractivity contribution in [1.82, 2.24) is 14.7 Å². The SMILES string of the molecule is CN(C)c1cnn(CC(=O)N(Cc2ccco2)Cc2cccs2)c(=O)c1. The summed E-state index contributed by atoms with van der Waals surface area (Å²) in [4.78, 5) is 29.6. The molecule has 3 aromatic rings. The number of anilines is 1. The number of carbonyl (C=O) groups is 1. The molecule has 0 saturated heterocycles. The van der Waals surface area contributed by atoms with E-state index < -0.39 is 0 Å². The summed E-state index contributed by atoms with van der Waals surface area (Å²) in [7, 11) is 3.66. The molecule has 1 amide bonds. The lowest BCUT2D eigenvalue weighted by Gasteiger charge is -2.21. The second-order valence-corrected chi connectivity index (χ2v) is 7.04. The number of furan rings is 1. The predicted molar refractivity (Wildman–Crippen MR) is 100 cm³/mol. The predicted octanol–water partition coefficient (Wildman–Crippen LogP) is 2.19. The molecule has 7 nitrogen and oxygen atoms in total. The molecule has 0 fully saturated rings. The van der Waals surface area contributed by atoms with Gasteiger partial charge in [0.15, 0.2) is 0 Å². The van der Waals surface area contributed by atoms with E-state index in [-0.39, 0.29) is 18.0 Å². The van der Waals surface area contributed by atoms with Crippen molar-refractivity contribution in [2.75, 3.05) is 19.0 Å². The first kappa shape index (κ1) is 17.9. The van der Waals surface area contributed by atoms with Crippen LogP contribution in [0.3, 0.4) is 0 Å². The second-order valence-electron chi connectivity index (χ2n) is 6.01. The van der Waals surface area contributed by atoms with Crippen LogP contribution in [0.1, 0.15) is 10.6 Å². The Hall–Kier alpha value is -2.87. The van der Waals surface area contributed by atoms with Gasteiger partial charge in [-0.2, -0.15) is 5.10 Å². The Bertz CT molecular complexity index is 865. The first-order valence-corrected chi connectivity index (χ1v) is 8.98. The van der Waals surface area contributed by atoms with Gasteiger partial charge < -0.3 is 14.2 Å². The maximum Gasteiger partial charge on any atom is 0.269 e. The van der Waals surface area contributed by atoms with E-state index in [1.54, 1.807) is 39.7 Å². The third-order valence-electron chi connectivity index (χ3n) is 3.86. The number of nitrogens with zero attached hydrogens (tertiary/aromatic N) is 4. The molecule has 3 heterocycles. The molecule has 3 aromatic heterocycles. The largest absolute Gasteiger partial charge is 0.467 e. The highest BCUT2D eigenvalue weighted by atomic mass is 32.1. The first-order valence-electron chi connectivity index (χ1n) is 8.10. The van der Waals surface area contributed by atoms with Gasteiger partial charge in [-0.15, -0.1) is 11.3 Å². The molecule has 0 atom stereocenters. The average Bonchev–Trinajstić information content (AvgIpc) is 3.29. The van der Waals surface area contributed by atoms with Gasteiger partial charge in [-0.3, -0.25) is 9.59 Å². The maximum absolute atomic E-state index is 12.8. The van der Waals surface area contributed by atoms with Gasteiger partial charge in [0.1, 0.15) is 12.3 Å². The Morgan fingerprint density at radius 2 is 2.12 bits per heavy atom. The molecule has 0 radical (unpaired) electrons. The van der Waals surface area contributed by atoms with Gasteiger partial charge in [-0.05, 0) is 23.6 Å². The summed E-state index contributed by atoms with van der Waals surface area (Å²) in [5.41, 5.74) is 0.392. The minimum absolute atomic E-state index is 0.112. The van der Waals surface area contributed by atoms with Crippen LogP contribution in [0.4, 0.5) is 5.69 Å². The van der Waals surface area contributed by atoms with E-state index >= 15 is 0 Å².